The van der Waals surface area contributed by atoms with E-state index < -0.39 is 0 Å². The van der Waals surface area contributed by atoms with Crippen molar-refractivity contribution in [2.45, 2.75) is 53.0 Å². The Kier molecular flexibility index (Phi) is 7.79. The van der Waals surface area contributed by atoms with Gasteiger partial charge in [0.15, 0.2) is 0 Å². The van der Waals surface area contributed by atoms with Crippen molar-refractivity contribution in [2.24, 2.45) is 0 Å². The zero-order valence-electron chi connectivity index (χ0n) is 16.5. The Morgan fingerprint density at radius 1 is 1.15 bits per heavy atom. The van der Waals surface area contributed by atoms with Crippen molar-refractivity contribution >= 4 is 34.1 Å². The highest BCUT2D eigenvalue weighted by molar-refractivity contribution is 7.17. The van der Waals surface area contributed by atoms with Gasteiger partial charge in [0, 0.05) is 10.9 Å². The van der Waals surface area contributed by atoms with Crippen LogP contribution in [0.4, 0.5) is 5.00 Å². The van der Waals surface area contributed by atoms with Gasteiger partial charge in [-0.2, -0.15) is 0 Å². The first-order valence-corrected chi connectivity index (χ1v) is 10.3. The number of nitrogens with zero attached hydrogens (tertiary/aromatic N) is 1. The number of hydrogen-bond donors (Lipinski definition) is 2. The van der Waals surface area contributed by atoms with Gasteiger partial charge < -0.3 is 15.4 Å². The average molecular weight is 396 g/mol. The third kappa shape index (κ3) is 5.77. The molecule has 0 saturated carbocycles. The SMILES string of the molecule is CCOC(=O)c1c(NC(=O)CN(CC)CC(=O)NC(C)C)sc2c1CCC2. The van der Waals surface area contributed by atoms with E-state index in [1.807, 2.05) is 20.8 Å². The number of carbonyl (C=O) groups excluding carboxylic acids is 3. The lowest BCUT2D eigenvalue weighted by atomic mass is 10.1. The Labute approximate surface area is 164 Å². The van der Waals surface area contributed by atoms with Crippen molar-refractivity contribution in [2.75, 3.05) is 31.6 Å². The Hall–Kier alpha value is -1.93. The number of carbonyl (C=O) groups is 3. The van der Waals surface area contributed by atoms with Crippen LogP contribution in [-0.2, 0) is 27.2 Å². The number of hydrogen-bond acceptors (Lipinski definition) is 6. The van der Waals surface area contributed by atoms with Crippen molar-refractivity contribution in [3.63, 3.8) is 0 Å². The lowest BCUT2D eigenvalue weighted by Gasteiger charge is -2.20. The summed E-state index contributed by atoms with van der Waals surface area (Å²) in [5, 5.41) is 6.25. The fraction of sp³-hybridized carbons (Fsp3) is 0.632. The maximum atomic E-state index is 12.5. The summed E-state index contributed by atoms with van der Waals surface area (Å²) in [6.07, 6.45) is 2.79. The van der Waals surface area contributed by atoms with E-state index in [0.717, 1.165) is 29.7 Å². The molecule has 1 aliphatic rings. The maximum absolute atomic E-state index is 12.5. The molecule has 0 radical (unpaired) electrons. The van der Waals surface area contributed by atoms with Gasteiger partial charge in [0.2, 0.25) is 11.8 Å². The van der Waals surface area contributed by atoms with E-state index in [1.54, 1.807) is 11.8 Å². The highest BCUT2D eigenvalue weighted by Gasteiger charge is 2.28. The number of nitrogens with one attached hydrogen (secondary N) is 2. The minimum atomic E-state index is -0.379. The predicted octanol–water partition coefficient (Wildman–Crippen LogP) is 2.20. The summed E-state index contributed by atoms with van der Waals surface area (Å²) in [5.74, 6) is -0.725. The maximum Gasteiger partial charge on any atom is 0.341 e. The zero-order valence-corrected chi connectivity index (χ0v) is 17.3. The zero-order chi connectivity index (χ0) is 20.0. The van der Waals surface area contributed by atoms with Crippen molar-refractivity contribution in [1.29, 1.82) is 0 Å². The molecule has 8 heteroatoms. The van der Waals surface area contributed by atoms with E-state index in [9.17, 15) is 14.4 Å². The Morgan fingerprint density at radius 3 is 2.48 bits per heavy atom. The van der Waals surface area contributed by atoms with Crippen LogP contribution >= 0.6 is 11.3 Å². The molecule has 0 bridgehead atoms. The highest BCUT2D eigenvalue weighted by Crippen LogP contribution is 2.39. The molecule has 0 atom stereocenters. The monoisotopic (exact) mass is 395 g/mol. The molecule has 7 nitrogen and oxygen atoms in total. The van der Waals surface area contributed by atoms with Crippen LogP contribution in [0.3, 0.4) is 0 Å². The van der Waals surface area contributed by atoms with E-state index >= 15 is 0 Å². The van der Waals surface area contributed by atoms with E-state index in [-0.39, 0.29) is 36.9 Å². The van der Waals surface area contributed by atoms with Gasteiger partial charge >= 0.3 is 5.97 Å². The topological polar surface area (TPSA) is 87.7 Å². The number of rotatable bonds is 9. The molecule has 1 aromatic heterocycles. The Morgan fingerprint density at radius 2 is 1.85 bits per heavy atom. The van der Waals surface area contributed by atoms with Crippen LogP contribution in [0, 0.1) is 0 Å². The number of thiophene rings is 1. The molecule has 2 rings (SSSR count). The van der Waals surface area contributed by atoms with Crippen LogP contribution in [0.1, 0.15) is 54.9 Å². The number of anilines is 1. The fourth-order valence-electron chi connectivity index (χ4n) is 3.13. The Bertz CT molecular complexity index is 699. The summed E-state index contributed by atoms with van der Waals surface area (Å²) in [6.45, 7) is 8.59. The van der Waals surface area contributed by atoms with Crippen molar-refractivity contribution < 1.29 is 19.1 Å². The van der Waals surface area contributed by atoms with Crippen LogP contribution < -0.4 is 10.6 Å². The third-order valence-electron chi connectivity index (χ3n) is 4.29. The molecule has 1 heterocycles. The molecule has 27 heavy (non-hydrogen) atoms. The van der Waals surface area contributed by atoms with Gasteiger partial charge in [0.25, 0.3) is 0 Å². The quantitative estimate of drug-likeness (QED) is 0.626. The average Bonchev–Trinajstić information content (AvgIpc) is 3.13. The summed E-state index contributed by atoms with van der Waals surface area (Å²) in [6, 6.07) is 0.0608. The lowest BCUT2D eigenvalue weighted by molar-refractivity contribution is -0.123. The molecule has 1 aromatic rings. The summed E-state index contributed by atoms with van der Waals surface area (Å²) in [5.41, 5.74) is 1.51. The van der Waals surface area contributed by atoms with Gasteiger partial charge in [-0.3, -0.25) is 14.5 Å². The first-order valence-electron chi connectivity index (χ1n) is 9.48. The van der Waals surface area contributed by atoms with E-state index in [4.69, 9.17) is 4.74 Å². The molecule has 2 N–H and O–H groups in total. The lowest BCUT2D eigenvalue weighted by Crippen LogP contribution is -2.42. The number of amides is 2. The van der Waals surface area contributed by atoms with Crippen molar-refractivity contribution in [3.8, 4) is 0 Å². The van der Waals surface area contributed by atoms with Crippen LogP contribution in [0.5, 0.6) is 0 Å². The van der Waals surface area contributed by atoms with Gasteiger partial charge in [-0.05, 0) is 52.1 Å². The highest BCUT2D eigenvalue weighted by atomic mass is 32.1. The number of likely N-dealkylation sites (N-methyl/N-ethyl adjacent to an activating group) is 1. The standard InChI is InChI=1S/C19H29N3O4S/c1-5-22(10-15(23)20-12(3)4)11-16(24)21-18-17(19(25)26-6-2)13-8-7-9-14(13)27-18/h12H,5-11H2,1-4H3,(H,20,23)(H,21,24). The van der Waals surface area contributed by atoms with Crippen molar-refractivity contribution in [3.05, 3.63) is 16.0 Å². The normalized spacial score (nSPS) is 13.0. The van der Waals surface area contributed by atoms with Crippen LogP contribution in [0.25, 0.3) is 0 Å². The second kappa shape index (κ2) is 9.85. The summed E-state index contributed by atoms with van der Waals surface area (Å²) in [4.78, 5) is 39.7. The molecule has 0 spiro atoms. The molecular weight excluding hydrogens is 366 g/mol. The molecule has 1 aliphatic carbocycles. The minimum absolute atomic E-state index is 0.0608. The van der Waals surface area contributed by atoms with Gasteiger partial charge in [0.1, 0.15) is 5.00 Å². The van der Waals surface area contributed by atoms with Crippen LogP contribution in [-0.4, -0.2) is 55.0 Å². The molecule has 0 saturated heterocycles. The molecule has 150 valence electrons. The summed E-state index contributed by atoms with van der Waals surface area (Å²) >= 11 is 1.46. The summed E-state index contributed by atoms with van der Waals surface area (Å²) < 4.78 is 5.18. The molecular formula is C19H29N3O4S. The van der Waals surface area contributed by atoms with E-state index in [1.165, 1.54) is 11.3 Å². The third-order valence-corrected chi connectivity index (χ3v) is 5.49. The predicted molar refractivity (Wildman–Crippen MR) is 106 cm³/mol. The number of aryl methyl sites for hydroxylation is 1. The van der Waals surface area contributed by atoms with Crippen LogP contribution in [0.15, 0.2) is 0 Å². The number of ether oxygens (including phenoxy) is 1. The molecule has 0 fully saturated rings. The van der Waals surface area contributed by atoms with Gasteiger partial charge in [-0.25, -0.2) is 4.79 Å². The fourth-order valence-corrected chi connectivity index (χ4v) is 4.42. The number of esters is 1. The second-order valence-electron chi connectivity index (χ2n) is 6.86. The first-order chi connectivity index (χ1) is 12.8. The van der Waals surface area contributed by atoms with Crippen molar-refractivity contribution in [1.82, 2.24) is 10.2 Å². The first kappa shape index (κ1) is 21.4. The minimum Gasteiger partial charge on any atom is -0.462 e. The molecule has 0 unspecified atom stereocenters. The smallest absolute Gasteiger partial charge is 0.341 e. The van der Waals surface area contributed by atoms with Gasteiger partial charge in [0.05, 0.1) is 25.3 Å². The van der Waals surface area contributed by atoms with E-state index in [2.05, 4.69) is 10.6 Å². The molecule has 2 amide bonds. The van der Waals surface area contributed by atoms with Gasteiger partial charge in [-0.15, -0.1) is 11.3 Å². The number of fused-ring (bicyclic) bond motifs is 1. The molecule has 0 aromatic carbocycles. The molecule has 0 aliphatic heterocycles. The van der Waals surface area contributed by atoms with Gasteiger partial charge in [-0.1, -0.05) is 6.92 Å². The second-order valence-corrected chi connectivity index (χ2v) is 7.96. The largest absolute Gasteiger partial charge is 0.462 e. The van der Waals surface area contributed by atoms with E-state index in [0.29, 0.717) is 23.7 Å². The summed E-state index contributed by atoms with van der Waals surface area (Å²) in [7, 11) is 0. The van der Waals surface area contributed by atoms with Crippen LogP contribution in [0.2, 0.25) is 0 Å². The Balaban J connectivity index is 2.04.